The molecule has 0 bridgehead atoms. The highest BCUT2D eigenvalue weighted by atomic mass is 16.5. The molecule has 1 N–H and O–H groups in total. The number of aromatic nitrogens is 4. The smallest absolute Gasteiger partial charge is 0.342 e. The summed E-state index contributed by atoms with van der Waals surface area (Å²) in [5.74, 6) is 1.60. The van der Waals surface area contributed by atoms with Gasteiger partial charge in [0.2, 0.25) is 11.8 Å². The maximum atomic E-state index is 12.5. The van der Waals surface area contributed by atoms with Crippen LogP contribution in [0.5, 0.6) is 0 Å². The fourth-order valence-electron chi connectivity index (χ4n) is 3.05. The zero-order valence-corrected chi connectivity index (χ0v) is 14.6. The molecule has 2 aromatic rings. The van der Waals surface area contributed by atoms with E-state index in [1.165, 1.54) is 6.20 Å². The van der Waals surface area contributed by atoms with E-state index in [0.717, 1.165) is 25.1 Å². The second-order valence-electron chi connectivity index (χ2n) is 6.71. The summed E-state index contributed by atoms with van der Waals surface area (Å²) in [5.41, 5.74) is 0.495. The molecule has 8 heteroatoms. The Morgan fingerprint density at radius 3 is 3.04 bits per heavy atom. The number of likely N-dealkylation sites (tertiary alicyclic amines) is 1. The predicted molar refractivity (Wildman–Crippen MR) is 90.1 cm³/mol. The van der Waals surface area contributed by atoms with Crippen LogP contribution in [0, 0.1) is 0 Å². The first-order chi connectivity index (χ1) is 12.0. The monoisotopic (exact) mass is 345 g/mol. The van der Waals surface area contributed by atoms with E-state index >= 15 is 0 Å². The maximum Gasteiger partial charge on any atom is 0.345 e. The van der Waals surface area contributed by atoms with Crippen LogP contribution in [0.3, 0.4) is 0 Å². The molecule has 134 valence electrons. The molecule has 3 rings (SSSR count). The lowest BCUT2D eigenvalue weighted by molar-refractivity contribution is -0.132. The zero-order chi connectivity index (χ0) is 17.8. The third-order valence-corrected chi connectivity index (χ3v) is 4.46. The molecule has 1 unspecified atom stereocenters. The molecule has 1 atom stereocenters. The van der Waals surface area contributed by atoms with Crippen molar-refractivity contribution in [3.05, 3.63) is 40.2 Å². The van der Waals surface area contributed by atoms with Gasteiger partial charge in [-0.2, -0.15) is 4.98 Å². The number of amides is 1. The van der Waals surface area contributed by atoms with Crippen molar-refractivity contribution in [2.75, 3.05) is 13.1 Å². The van der Waals surface area contributed by atoms with E-state index < -0.39 is 0 Å². The number of piperidine rings is 1. The first-order valence-corrected chi connectivity index (χ1v) is 8.68. The minimum absolute atomic E-state index is 0.0744. The second kappa shape index (κ2) is 7.58. The van der Waals surface area contributed by atoms with Crippen molar-refractivity contribution >= 4 is 5.91 Å². The van der Waals surface area contributed by atoms with E-state index in [1.54, 1.807) is 0 Å². The number of nitrogens with zero attached hydrogens (tertiary/aromatic N) is 4. The summed E-state index contributed by atoms with van der Waals surface area (Å²) in [5, 5.41) is 3.92. The van der Waals surface area contributed by atoms with Crippen molar-refractivity contribution < 1.29 is 9.32 Å². The van der Waals surface area contributed by atoms with Crippen LogP contribution in [0.15, 0.2) is 21.6 Å². The van der Waals surface area contributed by atoms with Gasteiger partial charge in [-0.15, -0.1) is 0 Å². The Hall–Kier alpha value is -2.51. The number of hydrogen-bond acceptors (Lipinski definition) is 6. The molecule has 1 fully saturated rings. The fraction of sp³-hybridized carbons (Fsp3) is 0.588. The van der Waals surface area contributed by atoms with E-state index in [4.69, 9.17) is 4.52 Å². The van der Waals surface area contributed by atoms with E-state index in [-0.39, 0.29) is 23.4 Å². The number of hydrogen-bond donors (Lipinski definition) is 1. The lowest BCUT2D eigenvalue weighted by atomic mass is 9.94. The number of rotatable bonds is 5. The highest BCUT2D eigenvalue weighted by molar-refractivity contribution is 5.76. The topological polar surface area (TPSA) is 105 Å². The molecule has 2 aromatic heterocycles. The SMILES string of the molecule is CC(C)c1noc(CCC(=O)N2CCCC(c3ccnc(=O)[nH]3)C2)n1. The number of aryl methyl sites for hydroxylation is 1. The van der Waals surface area contributed by atoms with Crippen molar-refractivity contribution in [2.45, 2.75) is 51.4 Å². The Morgan fingerprint density at radius 1 is 1.48 bits per heavy atom. The summed E-state index contributed by atoms with van der Waals surface area (Å²) >= 11 is 0. The summed E-state index contributed by atoms with van der Waals surface area (Å²) < 4.78 is 5.19. The third kappa shape index (κ3) is 4.32. The van der Waals surface area contributed by atoms with Crippen LogP contribution in [0.1, 0.15) is 62.4 Å². The molecule has 0 aliphatic carbocycles. The number of aromatic amines is 1. The zero-order valence-electron chi connectivity index (χ0n) is 14.6. The van der Waals surface area contributed by atoms with Crippen molar-refractivity contribution in [2.24, 2.45) is 0 Å². The van der Waals surface area contributed by atoms with Gasteiger partial charge in [-0.3, -0.25) is 4.79 Å². The minimum Gasteiger partial charge on any atom is -0.342 e. The Balaban J connectivity index is 1.57. The van der Waals surface area contributed by atoms with Gasteiger partial charge in [0.25, 0.3) is 0 Å². The van der Waals surface area contributed by atoms with Gasteiger partial charge in [0.1, 0.15) is 0 Å². The quantitative estimate of drug-likeness (QED) is 0.883. The van der Waals surface area contributed by atoms with Gasteiger partial charge < -0.3 is 14.4 Å². The Bertz CT molecular complexity index is 782. The van der Waals surface area contributed by atoms with Gasteiger partial charge in [-0.05, 0) is 18.9 Å². The lowest BCUT2D eigenvalue weighted by Crippen LogP contribution is -2.39. The standard InChI is InChI=1S/C17H23N5O3/c1-11(2)16-20-14(25-21-16)5-6-15(23)22-9-3-4-12(10-22)13-7-8-18-17(24)19-13/h7-8,11-12H,3-6,9-10H2,1-2H3,(H,18,19,24). The van der Waals surface area contributed by atoms with Crippen molar-refractivity contribution in [1.82, 2.24) is 25.0 Å². The van der Waals surface area contributed by atoms with Crippen LogP contribution in [0.2, 0.25) is 0 Å². The lowest BCUT2D eigenvalue weighted by Gasteiger charge is -2.32. The van der Waals surface area contributed by atoms with Gasteiger partial charge in [0.05, 0.1) is 0 Å². The molecule has 0 saturated carbocycles. The van der Waals surface area contributed by atoms with Crippen molar-refractivity contribution in [1.29, 1.82) is 0 Å². The van der Waals surface area contributed by atoms with Crippen molar-refractivity contribution in [3.63, 3.8) is 0 Å². The largest absolute Gasteiger partial charge is 0.345 e. The van der Waals surface area contributed by atoms with E-state index in [1.807, 2.05) is 24.8 Å². The fourth-order valence-corrected chi connectivity index (χ4v) is 3.05. The maximum absolute atomic E-state index is 12.5. The van der Waals surface area contributed by atoms with Crippen LogP contribution in [0.25, 0.3) is 0 Å². The summed E-state index contributed by atoms with van der Waals surface area (Å²) in [4.78, 5) is 36.5. The van der Waals surface area contributed by atoms with Gasteiger partial charge in [-0.1, -0.05) is 19.0 Å². The summed E-state index contributed by atoms with van der Waals surface area (Å²) in [7, 11) is 0. The molecule has 0 spiro atoms. The highest BCUT2D eigenvalue weighted by Crippen LogP contribution is 2.25. The molecular weight excluding hydrogens is 322 g/mol. The second-order valence-corrected chi connectivity index (χ2v) is 6.71. The van der Waals surface area contributed by atoms with Crippen LogP contribution in [0.4, 0.5) is 0 Å². The molecule has 1 aliphatic heterocycles. The first kappa shape index (κ1) is 17.3. The number of carbonyl (C=O) groups is 1. The molecular formula is C17H23N5O3. The number of carbonyl (C=O) groups excluding carboxylic acids is 1. The number of nitrogens with one attached hydrogen (secondary N) is 1. The van der Waals surface area contributed by atoms with Crippen molar-refractivity contribution in [3.8, 4) is 0 Å². The Kier molecular flexibility index (Phi) is 5.25. The van der Waals surface area contributed by atoms with Gasteiger partial charge in [-0.25, -0.2) is 9.78 Å². The Labute approximate surface area is 145 Å². The molecule has 1 aliphatic rings. The predicted octanol–water partition coefficient (Wildman–Crippen LogP) is 1.62. The highest BCUT2D eigenvalue weighted by Gasteiger charge is 2.25. The molecule has 0 radical (unpaired) electrons. The van der Waals surface area contributed by atoms with E-state index in [9.17, 15) is 9.59 Å². The van der Waals surface area contributed by atoms with Crippen LogP contribution < -0.4 is 5.69 Å². The molecule has 8 nitrogen and oxygen atoms in total. The first-order valence-electron chi connectivity index (χ1n) is 8.68. The molecule has 1 amide bonds. The summed E-state index contributed by atoms with van der Waals surface area (Å²) in [6.45, 7) is 5.35. The van der Waals surface area contributed by atoms with Gasteiger partial charge >= 0.3 is 5.69 Å². The minimum atomic E-state index is -0.349. The normalized spacial score (nSPS) is 17.9. The van der Waals surface area contributed by atoms with Crippen LogP contribution >= 0.6 is 0 Å². The van der Waals surface area contributed by atoms with E-state index in [2.05, 4.69) is 20.1 Å². The van der Waals surface area contributed by atoms with Gasteiger partial charge in [0.15, 0.2) is 5.82 Å². The third-order valence-electron chi connectivity index (χ3n) is 4.46. The Morgan fingerprint density at radius 2 is 2.32 bits per heavy atom. The van der Waals surface area contributed by atoms with Crippen LogP contribution in [-0.4, -0.2) is 44.0 Å². The molecule has 25 heavy (non-hydrogen) atoms. The summed E-state index contributed by atoms with van der Waals surface area (Å²) in [6.07, 6.45) is 4.17. The molecule has 3 heterocycles. The molecule has 0 aromatic carbocycles. The van der Waals surface area contributed by atoms with Crippen LogP contribution in [-0.2, 0) is 11.2 Å². The van der Waals surface area contributed by atoms with Gasteiger partial charge in [0, 0.05) is 49.7 Å². The molecule has 1 saturated heterocycles. The van der Waals surface area contributed by atoms with E-state index in [0.29, 0.717) is 31.1 Å². The summed E-state index contributed by atoms with van der Waals surface area (Å²) in [6, 6.07) is 1.81. The average Bonchev–Trinajstić information content (AvgIpc) is 3.09. The number of H-pyrrole nitrogens is 1. The average molecular weight is 345 g/mol.